The normalized spacial score (nSPS) is 17.5. The molecule has 1 aliphatic rings. The number of esters is 1. The van der Waals surface area contributed by atoms with Crippen molar-refractivity contribution in [2.45, 2.75) is 6.61 Å². The van der Waals surface area contributed by atoms with Gasteiger partial charge >= 0.3 is 5.97 Å². The minimum absolute atomic E-state index is 0.0903. The topological polar surface area (TPSA) is 44.8 Å². The van der Waals surface area contributed by atoms with Crippen LogP contribution in [-0.2, 0) is 11.3 Å². The monoisotopic (exact) mass is 197 g/mol. The lowest BCUT2D eigenvalue weighted by atomic mass is 10.1. The Morgan fingerprint density at radius 2 is 2.36 bits per heavy atom. The summed E-state index contributed by atoms with van der Waals surface area (Å²) in [5.41, 5.74) is 0.718. The van der Waals surface area contributed by atoms with E-state index >= 15 is 0 Å². The van der Waals surface area contributed by atoms with Crippen molar-refractivity contribution in [2.75, 3.05) is 14.1 Å². The Morgan fingerprint density at radius 3 is 3.07 bits per heavy atom. The minimum Gasteiger partial charge on any atom is -0.493 e. The third-order valence-electron chi connectivity index (χ3n) is 2.09. The number of carbonyl (C=O) groups excluding carboxylic acids is 1. The highest BCUT2D eigenvalue weighted by molar-refractivity contribution is 5.97. The van der Waals surface area contributed by atoms with E-state index < -0.39 is 13.0 Å². The van der Waals surface area contributed by atoms with Gasteiger partial charge in [-0.05, 0) is 6.07 Å². The first kappa shape index (κ1) is 5.90. The van der Waals surface area contributed by atoms with Gasteiger partial charge in [0.15, 0.2) is 11.5 Å². The van der Waals surface area contributed by atoms with Gasteiger partial charge in [-0.25, -0.2) is 4.79 Å². The van der Waals surface area contributed by atoms with Crippen LogP contribution >= 0.6 is 0 Å². The third kappa shape index (κ3) is 1.11. The molecule has 0 unspecified atom stereocenters. The van der Waals surface area contributed by atoms with Gasteiger partial charge in [-0.3, -0.25) is 0 Å². The standard InChI is InChI=1S/C10H10O4/c1-12-7-4-3-6-5-14-10(11)8(6)9(7)13-2/h3-4H,5H2,1-2H3/i2D3. The molecule has 0 aromatic heterocycles. The van der Waals surface area contributed by atoms with Gasteiger partial charge < -0.3 is 14.2 Å². The number of rotatable bonds is 2. The summed E-state index contributed by atoms with van der Waals surface area (Å²) in [4.78, 5) is 11.5. The SMILES string of the molecule is [2H]C([2H])([2H])Oc1c(OC)ccc2c1C(=O)OC2. The number of hydrogen-bond acceptors (Lipinski definition) is 4. The van der Waals surface area contributed by atoms with Crippen LogP contribution in [-0.4, -0.2) is 20.1 Å². The molecule has 1 aliphatic heterocycles. The molecule has 14 heavy (non-hydrogen) atoms. The molecule has 0 N–H and O–H groups in total. The van der Waals surface area contributed by atoms with Crippen molar-refractivity contribution in [1.82, 2.24) is 0 Å². The van der Waals surface area contributed by atoms with Gasteiger partial charge in [0.2, 0.25) is 0 Å². The third-order valence-corrected chi connectivity index (χ3v) is 2.09. The van der Waals surface area contributed by atoms with Gasteiger partial charge in [-0.1, -0.05) is 6.07 Å². The van der Waals surface area contributed by atoms with E-state index in [1.165, 1.54) is 7.11 Å². The van der Waals surface area contributed by atoms with E-state index in [0.29, 0.717) is 5.56 Å². The Balaban J connectivity index is 2.54. The molecule has 1 heterocycles. The quantitative estimate of drug-likeness (QED) is 0.672. The van der Waals surface area contributed by atoms with E-state index in [0.717, 1.165) is 0 Å². The van der Waals surface area contributed by atoms with E-state index in [1.807, 2.05) is 0 Å². The molecule has 1 aromatic rings. The highest BCUT2D eigenvalue weighted by atomic mass is 16.5. The molecule has 0 amide bonds. The Hall–Kier alpha value is -1.71. The number of hydrogen-bond donors (Lipinski definition) is 0. The molecular weight excluding hydrogens is 184 g/mol. The molecule has 0 fully saturated rings. The predicted molar refractivity (Wildman–Crippen MR) is 48.7 cm³/mol. The molecular formula is C10H10O4. The number of cyclic esters (lactones) is 1. The maximum atomic E-state index is 11.5. The fourth-order valence-electron chi connectivity index (χ4n) is 1.43. The Labute approximate surface area is 85.6 Å². The number of fused-ring (bicyclic) bond motifs is 1. The summed E-state index contributed by atoms with van der Waals surface area (Å²) in [6.45, 7) is 0.121. The van der Waals surface area contributed by atoms with Crippen molar-refractivity contribution in [1.29, 1.82) is 0 Å². The zero-order chi connectivity index (χ0) is 12.6. The number of benzene rings is 1. The van der Waals surface area contributed by atoms with Crippen LogP contribution in [0.2, 0.25) is 0 Å². The van der Waals surface area contributed by atoms with Crippen LogP contribution in [0.3, 0.4) is 0 Å². The minimum atomic E-state index is -2.65. The lowest BCUT2D eigenvalue weighted by Crippen LogP contribution is -2.00. The highest BCUT2D eigenvalue weighted by Gasteiger charge is 2.27. The second-order valence-corrected chi connectivity index (χ2v) is 2.81. The predicted octanol–water partition coefficient (Wildman–Crippen LogP) is 1.37. The van der Waals surface area contributed by atoms with E-state index in [2.05, 4.69) is 0 Å². The van der Waals surface area contributed by atoms with E-state index in [-0.39, 0.29) is 23.7 Å². The summed E-state index contributed by atoms with van der Waals surface area (Å²) in [6.07, 6.45) is 0. The van der Waals surface area contributed by atoms with Crippen molar-refractivity contribution < 1.29 is 23.1 Å². The summed E-state index contributed by atoms with van der Waals surface area (Å²) in [6, 6.07) is 3.19. The van der Waals surface area contributed by atoms with Crippen LogP contribution in [0.25, 0.3) is 0 Å². The van der Waals surface area contributed by atoms with Crippen molar-refractivity contribution in [3.05, 3.63) is 23.3 Å². The fourth-order valence-corrected chi connectivity index (χ4v) is 1.43. The summed E-state index contributed by atoms with van der Waals surface area (Å²) in [5.74, 6) is -0.496. The Morgan fingerprint density at radius 1 is 1.50 bits per heavy atom. The molecule has 4 heteroatoms. The summed E-state index contributed by atoms with van der Waals surface area (Å²) >= 11 is 0. The largest absolute Gasteiger partial charge is 0.493 e. The van der Waals surface area contributed by atoms with E-state index in [1.54, 1.807) is 12.1 Å². The lowest BCUT2D eigenvalue weighted by molar-refractivity contribution is 0.0532. The fraction of sp³-hybridized carbons (Fsp3) is 0.300. The van der Waals surface area contributed by atoms with Gasteiger partial charge in [-0.2, -0.15) is 0 Å². The smallest absolute Gasteiger partial charge is 0.342 e. The Kier molecular flexibility index (Phi) is 1.35. The van der Waals surface area contributed by atoms with Crippen LogP contribution in [0, 0.1) is 0 Å². The average molecular weight is 197 g/mol. The first-order valence-electron chi connectivity index (χ1n) is 5.48. The first-order valence-corrected chi connectivity index (χ1v) is 3.98. The zero-order valence-corrected chi connectivity index (χ0v) is 7.49. The number of ether oxygens (including phenoxy) is 3. The van der Waals surface area contributed by atoms with Gasteiger partial charge in [0.05, 0.1) is 18.3 Å². The van der Waals surface area contributed by atoms with Crippen LogP contribution in [0.15, 0.2) is 12.1 Å². The van der Waals surface area contributed by atoms with Gasteiger partial charge in [0.25, 0.3) is 0 Å². The highest BCUT2D eigenvalue weighted by Crippen LogP contribution is 2.36. The zero-order valence-electron chi connectivity index (χ0n) is 10.5. The summed E-state index contributed by atoms with van der Waals surface area (Å²) in [7, 11) is -1.28. The van der Waals surface area contributed by atoms with Crippen LogP contribution in [0.4, 0.5) is 0 Å². The Bertz CT molecular complexity index is 467. The molecule has 0 atom stereocenters. The van der Waals surface area contributed by atoms with Crippen LogP contribution in [0.5, 0.6) is 11.5 Å². The second-order valence-electron chi connectivity index (χ2n) is 2.81. The molecule has 0 saturated heterocycles. The molecule has 4 nitrogen and oxygen atoms in total. The van der Waals surface area contributed by atoms with Crippen LogP contribution < -0.4 is 9.47 Å². The van der Waals surface area contributed by atoms with Crippen molar-refractivity contribution in [2.24, 2.45) is 0 Å². The van der Waals surface area contributed by atoms with Gasteiger partial charge in [-0.15, -0.1) is 0 Å². The molecule has 0 saturated carbocycles. The van der Waals surface area contributed by atoms with E-state index in [4.69, 9.17) is 18.3 Å². The van der Waals surface area contributed by atoms with Crippen molar-refractivity contribution in [3.8, 4) is 11.5 Å². The van der Waals surface area contributed by atoms with Gasteiger partial charge in [0, 0.05) is 5.56 Å². The maximum absolute atomic E-state index is 11.5. The summed E-state index contributed by atoms with van der Waals surface area (Å²) in [5, 5.41) is 0. The van der Waals surface area contributed by atoms with Crippen molar-refractivity contribution >= 4 is 5.97 Å². The molecule has 0 aliphatic carbocycles. The van der Waals surface area contributed by atoms with Gasteiger partial charge in [0.1, 0.15) is 12.2 Å². The first-order chi connectivity index (χ1) is 7.92. The second kappa shape index (κ2) is 3.21. The summed E-state index contributed by atoms with van der Waals surface area (Å²) < 4.78 is 35.8. The maximum Gasteiger partial charge on any atom is 0.342 e. The number of carbonyl (C=O) groups is 1. The molecule has 0 bridgehead atoms. The number of methoxy groups -OCH3 is 2. The molecule has 0 radical (unpaired) electrons. The molecule has 1 aromatic carbocycles. The molecule has 2 rings (SSSR count). The molecule has 0 spiro atoms. The van der Waals surface area contributed by atoms with E-state index in [9.17, 15) is 4.79 Å². The average Bonchev–Trinajstić information content (AvgIpc) is 2.59. The lowest BCUT2D eigenvalue weighted by Gasteiger charge is -2.09. The van der Waals surface area contributed by atoms with Crippen LogP contribution in [0.1, 0.15) is 20.0 Å². The molecule has 74 valence electrons. The van der Waals surface area contributed by atoms with Crippen molar-refractivity contribution in [3.63, 3.8) is 0 Å².